The van der Waals surface area contributed by atoms with Crippen molar-refractivity contribution in [3.8, 4) is 0 Å². The maximum Gasteiger partial charge on any atom is 0.412 e. The molecule has 0 saturated heterocycles. The third-order valence-electron chi connectivity index (χ3n) is 2.93. The highest BCUT2D eigenvalue weighted by atomic mass is 16.6. The molecule has 0 aliphatic carbocycles. The molecule has 0 unspecified atom stereocenters. The Hall–Kier alpha value is -2.57. The summed E-state index contributed by atoms with van der Waals surface area (Å²) in [6.07, 6.45) is -0.539. The van der Waals surface area contributed by atoms with Gasteiger partial charge in [-0.2, -0.15) is 5.10 Å². The molecule has 2 rings (SSSR count). The monoisotopic (exact) mass is 305 g/mol. The van der Waals surface area contributed by atoms with Crippen molar-refractivity contribution in [2.24, 2.45) is 0 Å². The summed E-state index contributed by atoms with van der Waals surface area (Å²) in [5, 5.41) is 16.5. The Morgan fingerprint density at radius 3 is 2.64 bits per heavy atom. The zero-order chi connectivity index (χ0) is 16.5. The molecule has 0 aliphatic rings. The molecule has 118 valence electrons. The molecule has 1 aromatic carbocycles. The van der Waals surface area contributed by atoms with Gasteiger partial charge in [-0.3, -0.25) is 14.8 Å². The second-order valence-corrected chi connectivity index (χ2v) is 6.00. The number of hydrogen-bond acceptors (Lipinski definition) is 4. The first-order valence-electron chi connectivity index (χ1n) is 6.85. The zero-order valence-corrected chi connectivity index (χ0v) is 13.0. The largest absolute Gasteiger partial charge is 0.480 e. The summed E-state index contributed by atoms with van der Waals surface area (Å²) in [7, 11) is 0. The normalized spacial score (nSPS) is 11.5. The fourth-order valence-electron chi connectivity index (χ4n) is 2.04. The predicted octanol–water partition coefficient (Wildman–Crippen LogP) is 2.78. The molecule has 2 aromatic rings. The quantitative estimate of drug-likeness (QED) is 0.909. The molecule has 0 spiro atoms. The number of carbonyl (C=O) groups excluding carboxylic acids is 1. The standard InChI is InChI=1S/C15H19N3O4/c1-9-11-7-10(16-14(21)22-15(2,3)4)5-6-12(11)17-18(9)8-13(19)20/h5-7H,8H2,1-4H3,(H,16,21)(H,19,20). The Kier molecular flexibility index (Phi) is 4.07. The minimum atomic E-state index is -0.956. The number of hydrogen-bond donors (Lipinski definition) is 2. The highest BCUT2D eigenvalue weighted by Crippen LogP contribution is 2.22. The number of benzene rings is 1. The lowest BCUT2D eigenvalue weighted by atomic mass is 10.2. The van der Waals surface area contributed by atoms with E-state index in [1.54, 1.807) is 45.9 Å². The summed E-state index contributed by atoms with van der Waals surface area (Å²) in [4.78, 5) is 22.6. The van der Waals surface area contributed by atoms with E-state index in [2.05, 4.69) is 10.4 Å². The van der Waals surface area contributed by atoms with Crippen molar-refractivity contribution in [3.63, 3.8) is 0 Å². The third kappa shape index (κ3) is 3.75. The molecule has 0 fully saturated rings. The first-order valence-corrected chi connectivity index (χ1v) is 6.85. The molecule has 1 heterocycles. The van der Waals surface area contributed by atoms with Crippen molar-refractivity contribution in [1.29, 1.82) is 0 Å². The van der Waals surface area contributed by atoms with Crippen molar-refractivity contribution in [1.82, 2.24) is 9.78 Å². The molecule has 0 saturated carbocycles. The molecule has 0 aliphatic heterocycles. The van der Waals surface area contributed by atoms with Gasteiger partial charge in [0.1, 0.15) is 12.1 Å². The number of nitrogens with zero attached hydrogens (tertiary/aromatic N) is 2. The molecular weight excluding hydrogens is 286 g/mol. The number of nitrogens with one attached hydrogen (secondary N) is 1. The third-order valence-corrected chi connectivity index (χ3v) is 2.93. The average molecular weight is 305 g/mol. The Balaban J connectivity index is 2.25. The number of carbonyl (C=O) groups is 2. The summed E-state index contributed by atoms with van der Waals surface area (Å²) in [6, 6.07) is 5.18. The average Bonchev–Trinajstić information content (AvgIpc) is 2.63. The van der Waals surface area contributed by atoms with Crippen LogP contribution in [0, 0.1) is 6.92 Å². The van der Waals surface area contributed by atoms with Gasteiger partial charge in [0.2, 0.25) is 0 Å². The van der Waals surface area contributed by atoms with Crippen molar-refractivity contribution in [2.45, 2.75) is 39.8 Å². The van der Waals surface area contributed by atoms with Gasteiger partial charge in [-0.25, -0.2) is 4.79 Å². The number of fused-ring (bicyclic) bond motifs is 1. The molecule has 22 heavy (non-hydrogen) atoms. The van der Waals surface area contributed by atoms with E-state index in [0.29, 0.717) is 11.2 Å². The summed E-state index contributed by atoms with van der Waals surface area (Å²) in [5.74, 6) is -0.956. The lowest BCUT2D eigenvalue weighted by Gasteiger charge is -2.19. The van der Waals surface area contributed by atoms with Gasteiger partial charge >= 0.3 is 12.1 Å². The first kappa shape index (κ1) is 15.8. The second-order valence-electron chi connectivity index (χ2n) is 6.00. The minimum absolute atomic E-state index is 0.199. The minimum Gasteiger partial charge on any atom is -0.480 e. The summed E-state index contributed by atoms with van der Waals surface area (Å²) >= 11 is 0. The summed E-state index contributed by atoms with van der Waals surface area (Å²) in [5.41, 5.74) is 1.40. The highest BCUT2D eigenvalue weighted by Gasteiger charge is 2.17. The number of aliphatic carboxylic acids is 1. The van der Waals surface area contributed by atoms with Gasteiger partial charge < -0.3 is 9.84 Å². The summed E-state index contributed by atoms with van der Waals surface area (Å²) in [6.45, 7) is 6.95. The number of anilines is 1. The molecule has 0 radical (unpaired) electrons. The fraction of sp³-hybridized carbons (Fsp3) is 0.400. The number of carboxylic acids is 1. The molecule has 1 amide bonds. The van der Waals surface area contributed by atoms with E-state index in [-0.39, 0.29) is 6.54 Å². The number of aromatic nitrogens is 2. The van der Waals surface area contributed by atoms with Crippen molar-refractivity contribution >= 4 is 28.7 Å². The predicted molar refractivity (Wildman–Crippen MR) is 82.0 cm³/mol. The topological polar surface area (TPSA) is 93.5 Å². The second kappa shape index (κ2) is 5.67. The number of rotatable bonds is 3. The van der Waals surface area contributed by atoms with Crippen LogP contribution < -0.4 is 5.32 Å². The van der Waals surface area contributed by atoms with Gasteiger partial charge in [0, 0.05) is 16.8 Å². The lowest BCUT2D eigenvalue weighted by Crippen LogP contribution is -2.27. The number of aryl methyl sites for hydroxylation is 1. The van der Waals surface area contributed by atoms with E-state index < -0.39 is 17.7 Å². The zero-order valence-electron chi connectivity index (χ0n) is 13.0. The molecular formula is C15H19N3O4. The van der Waals surface area contributed by atoms with Crippen LogP contribution in [0.3, 0.4) is 0 Å². The van der Waals surface area contributed by atoms with E-state index in [4.69, 9.17) is 9.84 Å². The molecule has 0 atom stereocenters. The Morgan fingerprint density at radius 1 is 1.36 bits per heavy atom. The van der Waals surface area contributed by atoms with Gasteiger partial charge in [-0.1, -0.05) is 0 Å². The van der Waals surface area contributed by atoms with Crippen molar-refractivity contribution in [3.05, 3.63) is 23.9 Å². The number of amides is 1. The van der Waals surface area contributed by atoms with Crippen LogP contribution >= 0.6 is 0 Å². The molecule has 1 aromatic heterocycles. The van der Waals surface area contributed by atoms with E-state index in [9.17, 15) is 9.59 Å². The maximum atomic E-state index is 11.8. The number of carboxylic acid groups (broad SMARTS) is 1. The van der Waals surface area contributed by atoms with Gasteiger partial charge in [-0.05, 0) is 45.9 Å². The van der Waals surface area contributed by atoms with Crippen LogP contribution in [0.25, 0.3) is 10.9 Å². The van der Waals surface area contributed by atoms with Crippen molar-refractivity contribution in [2.75, 3.05) is 5.32 Å². The van der Waals surface area contributed by atoms with Crippen LogP contribution in [0.1, 0.15) is 26.5 Å². The van der Waals surface area contributed by atoms with Gasteiger partial charge in [0.25, 0.3) is 0 Å². The van der Waals surface area contributed by atoms with E-state index in [1.165, 1.54) is 4.68 Å². The van der Waals surface area contributed by atoms with Gasteiger partial charge in [-0.15, -0.1) is 0 Å². The Morgan fingerprint density at radius 2 is 2.05 bits per heavy atom. The Bertz CT molecular complexity index is 728. The van der Waals surface area contributed by atoms with Crippen LogP contribution in [0.5, 0.6) is 0 Å². The summed E-state index contributed by atoms with van der Waals surface area (Å²) < 4.78 is 6.61. The van der Waals surface area contributed by atoms with E-state index in [1.807, 2.05) is 0 Å². The van der Waals surface area contributed by atoms with Crippen LogP contribution in [0.4, 0.5) is 10.5 Å². The van der Waals surface area contributed by atoms with Gasteiger partial charge in [0.05, 0.1) is 5.52 Å². The first-order chi connectivity index (χ1) is 10.2. The number of ether oxygens (including phenoxy) is 1. The van der Waals surface area contributed by atoms with Crippen LogP contribution in [0.2, 0.25) is 0 Å². The van der Waals surface area contributed by atoms with Crippen LogP contribution in [0.15, 0.2) is 18.2 Å². The van der Waals surface area contributed by atoms with E-state index >= 15 is 0 Å². The van der Waals surface area contributed by atoms with Crippen LogP contribution in [-0.2, 0) is 16.1 Å². The lowest BCUT2D eigenvalue weighted by molar-refractivity contribution is -0.137. The molecule has 7 heteroatoms. The molecule has 7 nitrogen and oxygen atoms in total. The van der Waals surface area contributed by atoms with Crippen LogP contribution in [-0.4, -0.2) is 32.6 Å². The smallest absolute Gasteiger partial charge is 0.412 e. The molecule has 2 N–H and O–H groups in total. The fourth-order valence-corrected chi connectivity index (χ4v) is 2.04. The Labute approximate surface area is 127 Å². The highest BCUT2D eigenvalue weighted by molar-refractivity contribution is 5.91. The van der Waals surface area contributed by atoms with E-state index in [0.717, 1.165) is 11.1 Å². The maximum absolute atomic E-state index is 11.8. The molecule has 0 bridgehead atoms. The SMILES string of the molecule is Cc1c2cc(NC(=O)OC(C)(C)C)ccc2nn1CC(=O)O. The van der Waals surface area contributed by atoms with Crippen molar-refractivity contribution < 1.29 is 19.4 Å². The van der Waals surface area contributed by atoms with Gasteiger partial charge in [0.15, 0.2) is 0 Å².